The summed E-state index contributed by atoms with van der Waals surface area (Å²) in [7, 11) is 0. The summed E-state index contributed by atoms with van der Waals surface area (Å²) in [5.41, 5.74) is 0.888. The zero-order chi connectivity index (χ0) is 13.4. The summed E-state index contributed by atoms with van der Waals surface area (Å²) in [5.74, 6) is -1.14. The van der Waals surface area contributed by atoms with E-state index in [4.69, 9.17) is 9.52 Å². The number of fused-ring (bicyclic) bond motifs is 1. The lowest BCUT2D eigenvalue weighted by Crippen LogP contribution is -2.46. The fourth-order valence-corrected chi connectivity index (χ4v) is 2.05. The first-order valence-corrected chi connectivity index (χ1v) is 5.81. The molecule has 0 aromatic carbocycles. The van der Waals surface area contributed by atoms with Crippen LogP contribution >= 0.6 is 0 Å². The van der Waals surface area contributed by atoms with E-state index in [1.165, 1.54) is 13.2 Å². The van der Waals surface area contributed by atoms with E-state index in [1.54, 1.807) is 4.90 Å². The minimum Gasteiger partial charge on any atom is -0.475 e. The zero-order valence-electron chi connectivity index (χ0n) is 10.6. The van der Waals surface area contributed by atoms with E-state index in [-0.39, 0.29) is 23.6 Å². The molecule has 6 heteroatoms. The van der Waals surface area contributed by atoms with Crippen LogP contribution in [0, 0.1) is 5.92 Å². The molecule has 98 valence electrons. The van der Waals surface area contributed by atoms with Crippen molar-refractivity contribution in [2.45, 2.75) is 26.8 Å². The predicted molar refractivity (Wildman–Crippen MR) is 65.9 cm³/mol. The Hall–Kier alpha value is -1.98. The van der Waals surface area contributed by atoms with Gasteiger partial charge in [0.1, 0.15) is 17.6 Å². The van der Waals surface area contributed by atoms with E-state index in [9.17, 15) is 9.59 Å². The van der Waals surface area contributed by atoms with Gasteiger partial charge in [0.15, 0.2) is 0 Å². The third kappa shape index (κ3) is 1.94. The lowest BCUT2D eigenvalue weighted by Gasteiger charge is -2.35. The summed E-state index contributed by atoms with van der Waals surface area (Å²) in [6.07, 6.45) is 1.31. The second-order valence-electron chi connectivity index (χ2n) is 4.75. The second kappa shape index (κ2) is 4.36. The molecule has 1 unspecified atom stereocenters. The Balaban J connectivity index is 2.46. The van der Waals surface area contributed by atoms with Crippen molar-refractivity contribution in [3.63, 3.8) is 0 Å². The van der Waals surface area contributed by atoms with E-state index < -0.39 is 5.97 Å². The SMILES string of the molecule is CC(=O)N1CC(C(C)C)Nc2c1coc2C(=O)O. The average molecular weight is 252 g/mol. The first-order valence-electron chi connectivity index (χ1n) is 5.81. The normalized spacial score (nSPS) is 18.4. The van der Waals surface area contributed by atoms with Crippen molar-refractivity contribution in [3.05, 3.63) is 12.0 Å². The number of carboxylic acid groups (broad SMARTS) is 1. The van der Waals surface area contributed by atoms with Crippen molar-refractivity contribution in [3.8, 4) is 0 Å². The molecule has 0 fully saturated rings. The van der Waals surface area contributed by atoms with Gasteiger partial charge < -0.3 is 19.7 Å². The summed E-state index contributed by atoms with van der Waals surface area (Å²) in [6, 6.07) is 0.0112. The molecule has 0 aliphatic carbocycles. The summed E-state index contributed by atoms with van der Waals surface area (Å²) in [4.78, 5) is 24.2. The number of nitrogens with one attached hydrogen (secondary N) is 1. The first kappa shape index (κ1) is 12.5. The molecular weight excluding hydrogens is 236 g/mol. The number of amides is 1. The van der Waals surface area contributed by atoms with Crippen LogP contribution in [0.2, 0.25) is 0 Å². The van der Waals surface area contributed by atoms with E-state index in [1.807, 2.05) is 13.8 Å². The molecule has 0 saturated carbocycles. The number of carbonyl (C=O) groups is 2. The highest BCUT2D eigenvalue weighted by Gasteiger charge is 2.33. The van der Waals surface area contributed by atoms with Crippen LogP contribution < -0.4 is 10.2 Å². The van der Waals surface area contributed by atoms with Crippen molar-refractivity contribution < 1.29 is 19.1 Å². The standard InChI is InChI=1S/C12H16N2O4/c1-6(2)8-4-14(7(3)15)9-5-18-11(12(16)17)10(9)13-8/h5-6,8,13H,4H2,1-3H3,(H,16,17). The van der Waals surface area contributed by atoms with E-state index in [0.717, 1.165) is 0 Å². The summed E-state index contributed by atoms with van der Waals surface area (Å²) < 4.78 is 5.03. The van der Waals surface area contributed by atoms with Crippen molar-refractivity contribution in [1.29, 1.82) is 0 Å². The lowest BCUT2D eigenvalue weighted by molar-refractivity contribution is -0.116. The van der Waals surface area contributed by atoms with Gasteiger partial charge in [0.2, 0.25) is 11.7 Å². The number of hydrogen-bond donors (Lipinski definition) is 2. The van der Waals surface area contributed by atoms with Gasteiger partial charge in [-0.25, -0.2) is 4.79 Å². The van der Waals surface area contributed by atoms with Crippen LogP contribution in [0.25, 0.3) is 0 Å². The van der Waals surface area contributed by atoms with Crippen LogP contribution in [-0.2, 0) is 4.79 Å². The highest BCUT2D eigenvalue weighted by molar-refractivity contribution is 6.02. The van der Waals surface area contributed by atoms with Crippen LogP contribution in [0.4, 0.5) is 11.4 Å². The maximum Gasteiger partial charge on any atom is 0.374 e. The summed E-state index contributed by atoms with van der Waals surface area (Å²) >= 11 is 0. The van der Waals surface area contributed by atoms with E-state index >= 15 is 0 Å². The van der Waals surface area contributed by atoms with Crippen LogP contribution in [0.15, 0.2) is 10.7 Å². The molecule has 1 atom stereocenters. The number of hydrogen-bond acceptors (Lipinski definition) is 4. The minimum absolute atomic E-state index is 0.0112. The third-order valence-electron chi connectivity index (χ3n) is 3.15. The molecule has 18 heavy (non-hydrogen) atoms. The highest BCUT2D eigenvalue weighted by Crippen LogP contribution is 2.37. The third-order valence-corrected chi connectivity index (χ3v) is 3.15. The van der Waals surface area contributed by atoms with Crippen molar-refractivity contribution in [2.75, 3.05) is 16.8 Å². The van der Waals surface area contributed by atoms with Crippen LogP contribution in [-0.4, -0.2) is 29.6 Å². The number of carboxylic acids is 1. The molecule has 0 radical (unpaired) electrons. The molecule has 1 aromatic rings. The van der Waals surface area contributed by atoms with Gasteiger partial charge >= 0.3 is 5.97 Å². The maximum absolute atomic E-state index is 11.6. The first-order chi connectivity index (χ1) is 8.41. The molecule has 2 heterocycles. The Morgan fingerprint density at radius 1 is 1.56 bits per heavy atom. The number of anilines is 2. The van der Waals surface area contributed by atoms with Crippen molar-refractivity contribution in [1.82, 2.24) is 0 Å². The summed E-state index contributed by atoms with van der Waals surface area (Å²) in [5, 5.41) is 12.2. The molecule has 2 N–H and O–H groups in total. The Morgan fingerprint density at radius 2 is 2.22 bits per heavy atom. The van der Waals surface area contributed by atoms with Gasteiger partial charge in [0, 0.05) is 19.5 Å². The van der Waals surface area contributed by atoms with Gasteiger partial charge in [-0.05, 0) is 5.92 Å². The monoisotopic (exact) mass is 252 g/mol. The smallest absolute Gasteiger partial charge is 0.374 e. The van der Waals surface area contributed by atoms with Crippen LogP contribution in [0.5, 0.6) is 0 Å². The number of rotatable bonds is 2. The van der Waals surface area contributed by atoms with Gasteiger partial charge in [-0.3, -0.25) is 4.79 Å². The Labute approximate surface area is 105 Å². The Bertz CT molecular complexity index is 492. The van der Waals surface area contributed by atoms with Gasteiger partial charge in [-0.15, -0.1) is 0 Å². The van der Waals surface area contributed by atoms with Gasteiger partial charge in [0.25, 0.3) is 0 Å². The minimum atomic E-state index is -1.14. The molecule has 1 aliphatic heterocycles. The number of carbonyl (C=O) groups excluding carboxylic acids is 1. The van der Waals surface area contributed by atoms with Crippen LogP contribution in [0.3, 0.4) is 0 Å². The predicted octanol–water partition coefficient (Wildman–Crippen LogP) is 1.78. The summed E-state index contributed by atoms with van der Waals surface area (Å²) in [6.45, 7) is 6.00. The fourth-order valence-electron chi connectivity index (χ4n) is 2.05. The van der Waals surface area contributed by atoms with E-state index in [0.29, 0.717) is 17.9 Å². The molecular formula is C12H16N2O4. The topological polar surface area (TPSA) is 82.8 Å². The highest BCUT2D eigenvalue weighted by atomic mass is 16.4. The number of nitrogens with zero attached hydrogens (tertiary/aromatic N) is 1. The lowest BCUT2D eigenvalue weighted by atomic mass is 10.0. The Kier molecular flexibility index (Phi) is 3.02. The number of aromatic carboxylic acids is 1. The van der Waals surface area contributed by atoms with Crippen molar-refractivity contribution in [2.24, 2.45) is 5.92 Å². The molecule has 1 amide bonds. The Morgan fingerprint density at radius 3 is 2.72 bits per heavy atom. The molecule has 0 spiro atoms. The fraction of sp³-hybridized carbons (Fsp3) is 0.500. The molecule has 2 rings (SSSR count). The molecule has 1 aliphatic rings. The van der Waals surface area contributed by atoms with E-state index in [2.05, 4.69) is 5.32 Å². The molecule has 0 saturated heterocycles. The second-order valence-corrected chi connectivity index (χ2v) is 4.75. The van der Waals surface area contributed by atoms with Gasteiger partial charge in [0.05, 0.1) is 0 Å². The number of furan rings is 1. The molecule has 0 bridgehead atoms. The maximum atomic E-state index is 11.6. The van der Waals surface area contributed by atoms with Gasteiger partial charge in [-0.1, -0.05) is 13.8 Å². The van der Waals surface area contributed by atoms with Crippen molar-refractivity contribution >= 4 is 23.3 Å². The quantitative estimate of drug-likeness (QED) is 0.838. The molecule has 1 aromatic heterocycles. The largest absolute Gasteiger partial charge is 0.475 e. The molecule has 6 nitrogen and oxygen atoms in total. The average Bonchev–Trinajstić information content (AvgIpc) is 2.70. The zero-order valence-corrected chi connectivity index (χ0v) is 10.6. The van der Waals surface area contributed by atoms with Crippen LogP contribution in [0.1, 0.15) is 31.3 Å². The van der Waals surface area contributed by atoms with Gasteiger partial charge in [-0.2, -0.15) is 0 Å².